The maximum absolute atomic E-state index is 14.3. The van der Waals surface area contributed by atoms with Crippen LogP contribution in [0.3, 0.4) is 0 Å². The first kappa shape index (κ1) is 37.9. The van der Waals surface area contributed by atoms with E-state index in [1.54, 1.807) is 0 Å². The molecule has 51 heavy (non-hydrogen) atoms. The minimum Gasteiger partial charge on any atom is -0.544 e. The second kappa shape index (κ2) is 15.6. The van der Waals surface area contributed by atoms with Crippen molar-refractivity contribution in [1.29, 1.82) is 0 Å². The third-order valence-corrected chi connectivity index (χ3v) is 13.0. The summed E-state index contributed by atoms with van der Waals surface area (Å²) < 4.78 is 64.2. The Balaban J connectivity index is 0.000000193. The number of hydrogen-bond acceptors (Lipinski definition) is 7. The third kappa shape index (κ3) is 8.69. The van der Waals surface area contributed by atoms with Crippen molar-refractivity contribution in [3.63, 3.8) is 0 Å². The summed E-state index contributed by atoms with van der Waals surface area (Å²) in [5.41, 5.74) is 2.26. The van der Waals surface area contributed by atoms with Crippen LogP contribution in [0.15, 0.2) is 12.1 Å². The number of carbonyl (C=O) groups excluding carboxylic acids is 3. The Hall–Kier alpha value is -2.85. The maximum Gasteiger partial charge on any atom is 0.441 e. The minimum atomic E-state index is -4.32. The zero-order valence-electron chi connectivity index (χ0n) is 29.5. The Morgan fingerprint density at radius 1 is 0.647 bits per heavy atom. The molecule has 0 saturated heterocycles. The second-order valence-electron chi connectivity index (χ2n) is 16.7. The van der Waals surface area contributed by atoms with E-state index in [4.69, 9.17) is 4.74 Å². The summed E-state index contributed by atoms with van der Waals surface area (Å²) in [6.07, 6.45) is 17.6. The van der Waals surface area contributed by atoms with E-state index in [9.17, 15) is 42.2 Å². The van der Waals surface area contributed by atoms with Gasteiger partial charge in [0.05, 0.1) is 5.41 Å². The Kier molecular flexibility index (Phi) is 11.6. The van der Waals surface area contributed by atoms with E-state index in [0.717, 1.165) is 94.6 Å². The molecule has 11 heteroatoms. The molecule has 0 radical (unpaired) electrons. The van der Waals surface area contributed by atoms with Crippen molar-refractivity contribution in [3.8, 4) is 5.75 Å². The highest BCUT2D eigenvalue weighted by Crippen LogP contribution is 2.60. The smallest absolute Gasteiger partial charge is 0.441 e. The first-order valence-corrected chi connectivity index (χ1v) is 19.5. The summed E-state index contributed by atoms with van der Waals surface area (Å²) in [5, 5.41) is 21.4. The van der Waals surface area contributed by atoms with Gasteiger partial charge in [0.15, 0.2) is 12.6 Å². The number of carboxylic acids is 2. The third-order valence-electron chi connectivity index (χ3n) is 13.0. The van der Waals surface area contributed by atoms with Crippen molar-refractivity contribution in [2.45, 2.75) is 165 Å². The average molecular weight is 721 g/mol. The van der Waals surface area contributed by atoms with Crippen molar-refractivity contribution in [2.24, 2.45) is 23.2 Å². The van der Waals surface area contributed by atoms with Crippen molar-refractivity contribution < 1.29 is 51.6 Å². The van der Waals surface area contributed by atoms with Crippen molar-refractivity contribution >= 4 is 17.9 Å². The number of aliphatic carboxylic acids is 2. The summed E-state index contributed by atoms with van der Waals surface area (Å²) in [6.45, 7) is -1.42. The Bertz CT molecular complexity index is 1330. The first-order valence-electron chi connectivity index (χ1n) is 19.5. The summed E-state index contributed by atoms with van der Waals surface area (Å²) in [6, 6.07) is 4.19. The lowest BCUT2D eigenvalue weighted by Gasteiger charge is -2.55. The number of benzene rings is 1. The lowest BCUT2D eigenvalue weighted by atomic mass is 9.49. The predicted octanol–water partition coefficient (Wildman–Crippen LogP) is 7.68. The maximum atomic E-state index is 14.3. The van der Waals surface area contributed by atoms with Gasteiger partial charge in [-0.2, -0.15) is 17.6 Å². The molecule has 0 heterocycles. The molecule has 7 saturated carbocycles. The molecule has 0 unspecified atom stereocenters. The molecule has 7 aliphatic rings. The lowest BCUT2D eigenvalue weighted by Crippen LogP contribution is -2.52. The summed E-state index contributed by atoms with van der Waals surface area (Å²) in [5.74, 6) is -7.30. The van der Waals surface area contributed by atoms with Gasteiger partial charge in [0.25, 0.3) is 0 Å². The largest absolute Gasteiger partial charge is 0.544 e. The molecule has 8 rings (SSSR count). The van der Waals surface area contributed by atoms with Crippen LogP contribution in [-0.4, -0.2) is 36.5 Å². The molecule has 1 aromatic rings. The van der Waals surface area contributed by atoms with Gasteiger partial charge in [0, 0.05) is 0 Å². The van der Waals surface area contributed by atoms with E-state index < -0.39 is 42.0 Å². The van der Waals surface area contributed by atoms with Gasteiger partial charge in [-0.3, -0.25) is 4.79 Å². The van der Waals surface area contributed by atoms with Gasteiger partial charge in [-0.05, 0) is 129 Å². The Labute approximate surface area is 298 Å². The van der Waals surface area contributed by atoms with Gasteiger partial charge < -0.3 is 29.3 Å². The molecular formula is C40H52F4O7-2. The van der Waals surface area contributed by atoms with Crippen LogP contribution in [0.4, 0.5) is 17.6 Å². The normalized spacial score (nSPS) is 28.8. The zero-order valence-corrected chi connectivity index (χ0v) is 29.5. The number of rotatable bonds is 10. The highest BCUT2D eigenvalue weighted by Gasteiger charge is 2.56. The molecule has 0 N–H and O–H groups in total. The molecule has 0 aromatic heterocycles. The number of carbonyl (C=O) groups is 3. The molecule has 7 fully saturated rings. The molecule has 0 aliphatic heterocycles. The molecule has 0 amide bonds. The van der Waals surface area contributed by atoms with Crippen LogP contribution in [0.1, 0.15) is 169 Å². The van der Waals surface area contributed by atoms with Gasteiger partial charge in [0.2, 0.25) is 0 Å². The number of halogens is 4. The molecular weight excluding hydrogens is 668 g/mol. The van der Waals surface area contributed by atoms with Crippen molar-refractivity contribution in [2.75, 3.05) is 6.61 Å². The van der Waals surface area contributed by atoms with Gasteiger partial charge in [-0.15, -0.1) is 0 Å². The highest BCUT2D eigenvalue weighted by molar-refractivity contribution is 5.79. The van der Waals surface area contributed by atoms with Gasteiger partial charge in [0.1, 0.15) is 11.7 Å². The average Bonchev–Trinajstić information content (AvgIpc) is 3.11. The number of ether oxygens (including phenoxy) is 2. The van der Waals surface area contributed by atoms with Gasteiger partial charge in [-0.25, -0.2) is 0 Å². The fraction of sp³-hybridized carbons (Fsp3) is 0.775. The molecule has 7 aliphatic carbocycles. The van der Waals surface area contributed by atoms with E-state index >= 15 is 0 Å². The van der Waals surface area contributed by atoms with E-state index in [-0.39, 0.29) is 17.6 Å². The quantitative estimate of drug-likeness (QED) is 0.180. The predicted molar refractivity (Wildman–Crippen MR) is 176 cm³/mol. The second-order valence-corrected chi connectivity index (χ2v) is 16.7. The molecule has 0 atom stereocenters. The van der Waals surface area contributed by atoms with Crippen LogP contribution >= 0.6 is 0 Å². The van der Waals surface area contributed by atoms with Gasteiger partial charge >= 0.3 is 18.0 Å². The van der Waals surface area contributed by atoms with E-state index in [1.165, 1.54) is 37.7 Å². The number of esters is 1. The number of hydrogen-bond donors (Lipinski definition) is 0. The van der Waals surface area contributed by atoms with Crippen LogP contribution in [0.5, 0.6) is 5.75 Å². The van der Waals surface area contributed by atoms with E-state index in [2.05, 4.69) is 16.9 Å². The van der Waals surface area contributed by atoms with Gasteiger partial charge in [-0.1, -0.05) is 69.9 Å². The zero-order chi connectivity index (χ0) is 36.4. The van der Waals surface area contributed by atoms with Crippen LogP contribution in [0.25, 0.3) is 0 Å². The fourth-order valence-corrected chi connectivity index (χ4v) is 10.8. The van der Waals surface area contributed by atoms with Crippen LogP contribution in [0.2, 0.25) is 0 Å². The molecule has 7 nitrogen and oxygen atoms in total. The summed E-state index contributed by atoms with van der Waals surface area (Å²) in [7, 11) is 0. The topological polar surface area (TPSA) is 116 Å². The standard InChI is InChI=1S/C26H36F2O3.C14H18F2O4/c27-26(28,25(29)30)31-24-22(19-12-6-2-7-13-19)16-21(18-10-4-1-5-11-18)17-23(24)20-14-8-3-9-15-20;15-14(16,11(17)18)7-20-12(19)13-4-8-1-9(5-13)3-10(2-8)6-13/h16-20H,1-15H2,(H,29,30);8-10H,1-7H2,(H,17,18)/p-2. The number of carboxylic acid groups (broad SMARTS) is 2. The SMILES string of the molecule is O=C([O-])C(F)(F)COC(=O)C12CC3CC(CC(C3)C1)C2.O=C([O-])C(F)(F)Oc1c(C2CCCCC2)cc(C2CCCCC2)cc1C1CCCCC1. The summed E-state index contributed by atoms with van der Waals surface area (Å²) >= 11 is 0. The fourth-order valence-electron chi connectivity index (χ4n) is 10.8. The lowest BCUT2D eigenvalue weighted by molar-refractivity contribution is -0.350. The molecule has 4 bridgehead atoms. The van der Waals surface area contributed by atoms with Crippen molar-refractivity contribution in [3.05, 3.63) is 28.8 Å². The highest BCUT2D eigenvalue weighted by atomic mass is 19.3. The van der Waals surface area contributed by atoms with E-state index in [0.29, 0.717) is 42.9 Å². The first-order chi connectivity index (χ1) is 24.3. The molecule has 0 spiro atoms. The monoisotopic (exact) mass is 720 g/mol. The molecule has 1 aromatic carbocycles. The Morgan fingerprint density at radius 2 is 1.06 bits per heavy atom. The van der Waals surface area contributed by atoms with Crippen LogP contribution in [0, 0.1) is 23.2 Å². The Morgan fingerprint density at radius 3 is 1.45 bits per heavy atom. The molecule has 284 valence electrons. The minimum absolute atomic E-state index is 0.146. The van der Waals surface area contributed by atoms with E-state index in [1.807, 2.05) is 0 Å². The van der Waals surface area contributed by atoms with Crippen LogP contribution < -0.4 is 14.9 Å². The van der Waals surface area contributed by atoms with Crippen molar-refractivity contribution in [1.82, 2.24) is 0 Å². The van der Waals surface area contributed by atoms with Crippen LogP contribution in [-0.2, 0) is 19.1 Å². The summed E-state index contributed by atoms with van der Waals surface area (Å²) in [4.78, 5) is 33.6. The number of alkyl halides is 4.